The highest BCUT2D eigenvalue weighted by Crippen LogP contribution is 2.26. The third kappa shape index (κ3) is 3.43. The molecule has 102 valence electrons. The van der Waals surface area contributed by atoms with Crippen LogP contribution in [-0.2, 0) is 4.79 Å². The highest BCUT2D eigenvalue weighted by molar-refractivity contribution is 6.35. The largest absolute Gasteiger partial charge is 0.368 e. The Morgan fingerprint density at radius 1 is 1.11 bits per heavy atom. The van der Waals surface area contributed by atoms with Gasteiger partial charge in [-0.25, -0.2) is 0 Å². The molecule has 1 aliphatic heterocycles. The highest BCUT2D eigenvalue weighted by Gasteiger charge is 2.21. The third-order valence-electron chi connectivity index (χ3n) is 3.14. The third-order valence-corrected chi connectivity index (χ3v) is 3.58. The van der Waals surface area contributed by atoms with Crippen LogP contribution in [0, 0.1) is 0 Å². The number of carbonyl (C=O) groups is 1. The minimum absolute atomic E-state index is 0.0313. The van der Waals surface area contributed by atoms with Crippen LogP contribution in [0.1, 0.15) is 6.92 Å². The maximum absolute atomic E-state index is 11.8. The van der Waals surface area contributed by atoms with Gasteiger partial charge in [0.2, 0.25) is 5.91 Å². The lowest BCUT2D eigenvalue weighted by molar-refractivity contribution is -0.127. The van der Waals surface area contributed by atoms with E-state index in [0.29, 0.717) is 28.7 Å². The van der Waals surface area contributed by atoms with Crippen LogP contribution >= 0.6 is 23.2 Å². The summed E-state index contributed by atoms with van der Waals surface area (Å²) in [6, 6.07) is 5.50. The molecule has 5 heteroatoms. The van der Waals surface area contributed by atoms with E-state index in [9.17, 15) is 4.79 Å². The van der Waals surface area contributed by atoms with Crippen LogP contribution in [-0.4, -0.2) is 37.0 Å². The Balaban J connectivity index is 2.03. The van der Waals surface area contributed by atoms with Crippen LogP contribution < -0.4 is 4.90 Å². The van der Waals surface area contributed by atoms with Crippen molar-refractivity contribution in [1.29, 1.82) is 0 Å². The Morgan fingerprint density at radius 3 is 2.11 bits per heavy atom. The molecule has 2 rings (SSSR count). The summed E-state index contributed by atoms with van der Waals surface area (Å²) in [5.74, 6) is 0.0313. The summed E-state index contributed by atoms with van der Waals surface area (Å²) in [7, 11) is 0. The fourth-order valence-electron chi connectivity index (χ4n) is 2.16. The fraction of sp³-hybridized carbons (Fsp3) is 0.357. The number of hydrogen-bond donors (Lipinski definition) is 0. The summed E-state index contributed by atoms with van der Waals surface area (Å²) in [5, 5.41) is 1.26. The first-order chi connectivity index (χ1) is 8.97. The van der Waals surface area contributed by atoms with Crippen LogP contribution in [0.5, 0.6) is 0 Å². The van der Waals surface area contributed by atoms with Gasteiger partial charge in [0.05, 0.1) is 0 Å². The van der Waals surface area contributed by atoms with Crippen molar-refractivity contribution in [3.05, 3.63) is 40.4 Å². The summed E-state index contributed by atoms with van der Waals surface area (Å²) in [6.45, 7) is 8.36. The molecule has 0 atom stereocenters. The fourth-order valence-corrected chi connectivity index (χ4v) is 2.67. The summed E-state index contributed by atoms with van der Waals surface area (Å²) < 4.78 is 0. The first kappa shape index (κ1) is 14.2. The van der Waals surface area contributed by atoms with Gasteiger partial charge in [0, 0.05) is 47.5 Å². The molecule has 1 aliphatic rings. The normalized spacial score (nSPS) is 15.5. The Labute approximate surface area is 123 Å². The number of amides is 1. The van der Waals surface area contributed by atoms with Crippen molar-refractivity contribution in [1.82, 2.24) is 4.90 Å². The van der Waals surface area contributed by atoms with Gasteiger partial charge in [0.15, 0.2) is 0 Å². The predicted molar refractivity (Wildman–Crippen MR) is 80.1 cm³/mol. The smallest absolute Gasteiger partial charge is 0.249 e. The first-order valence-corrected chi connectivity index (χ1v) is 6.89. The molecular formula is C14H16Cl2N2O. The topological polar surface area (TPSA) is 23.6 Å². The van der Waals surface area contributed by atoms with Crippen LogP contribution in [0.4, 0.5) is 5.69 Å². The number of rotatable bonds is 2. The molecule has 1 heterocycles. The number of benzene rings is 1. The quantitative estimate of drug-likeness (QED) is 0.783. The molecule has 1 aromatic carbocycles. The van der Waals surface area contributed by atoms with Crippen LogP contribution in [0.2, 0.25) is 10.0 Å². The van der Waals surface area contributed by atoms with Gasteiger partial charge in [-0.2, -0.15) is 0 Å². The monoisotopic (exact) mass is 298 g/mol. The molecule has 1 aromatic rings. The lowest BCUT2D eigenvalue weighted by Gasteiger charge is -2.36. The van der Waals surface area contributed by atoms with E-state index >= 15 is 0 Å². The second kappa shape index (κ2) is 5.85. The van der Waals surface area contributed by atoms with Gasteiger partial charge in [-0.05, 0) is 25.1 Å². The standard InChI is InChI=1S/C14H16Cl2N2O/c1-10(2)14(19)18-5-3-17(4-6-18)13-8-11(15)7-12(16)9-13/h7-9H,1,3-6H2,2H3. The lowest BCUT2D eigenvalue weighted by Crippen LogP contribution is -2.49. The van der Waals surface area contributed by atoms with Crippen LogP contribution in [0.3, 0.4) is 0 Å². The van der Waals surface area contributed by atoms with E-state index in [1.807, 2.05) is 17.0 Å². The van der Waals surface area contributed by atoms with Gasteiger partial charge < -0.3 is 9.80 Å². The molecule has 0 saturated carbocycles. The molecular weight excluding hydrogens is 283 g/mol. The number of halogens is 2. The molecule has 19 heavy (non-hydrogen) atoms. The SMILES string of the molecule is C=C(C)C(=O)N1CCN(c2cc(Cl)cc(Cl)c2)CC1. The minimum atomic E-state index is 0.0313. The summed E-state index contributed by atoms with van der Waals surface area (Å²) in [5.41, 5.74) is 1.58. The van der Waals surface area contributed by atoms with E-state index in [0.717, 1.165) is 18.8 Å². The van der Waals surface area contributed by atoms with Gasteiger partial charge in [0.1, 0.15) is 0 Å². The summed E-state index contributed by atoms with van der Waals surface area (Å²) in [6.07, 6.45) is 0. The van der Waals surface area contributed by atoms with Crippen molar-refractivity contribution < 1.29 is 4.79 Å². The second-order valence-electron chi connectivity index (χ2n) is 4.69. The van der Waals surface area contributed by atoms with Crippen LogP contribution in [0.25, 0.3) is 0 Å². The number of piperazine rings is 1. The van der Waals surface area contributed by atoms with E-state index in [4.69, 9.17) is 23.2 Å². The number of carbonyl (C=O) groups excluding carboxylic acids is 1. The average molecular weight is 299 g/mol. The Hall–Kier alpha value is -1.19. The molecule has 0 bridgehead atoms. The molecule has 3 nitrogen and oxygen atoms in total. The maximum Gasteiger partial charge on any atom is 0.249 e. The Morgan fingerprint density at radius 2 is 1.63 bits per heavy atom. The number of anilines is 1. The van der Waals surface area contributed by atoms with Crippen molar-refractivity contribution in [3.8, 4) is 0 Å². The lowest BCUT2D eigenvalue weighted by atomic mass is 10.2. The van der Waals surface area contributed by atoms with E-state index in [1.54, 1.807) is 13.0 Å². The zero-order valence-electron chi connectivity index (χ0n) is 10.8. The van der Waals surface area contributed by atoms with Gasteiger partial charge >= 0.3 is 0 Å². The average Bonchev–Trinajstić information content (AvgIpc) is 2.37. The van der Waals surface area contributed by atoms with Gasteiger partial charge in [-0.15, -0.1) is 0 Å². The summed E-state index contributed by atoms with van der Waals surface area (Å²) in [4.78, 5) is 15.8. The maximum atomic E-state index is 11.8. The summed E-state index contributed by atoms with van der Waals surface area (Å²) >= 11 is 12.0. The molecule has 0 unspecified atom stereocenters. The molecule has 0 radical (unpaired) electrons. The predicted octanol–water partition coefficient (Wildman–Crippen LogP) is 3.22. The molecule has 1 saturated heterocycles. The Bertz CT molecular complexity index is 488. The van der Waals surface area contributed by atoms with Crippen molar-refractivity contribution in [2.75, 3.05) is 31.1 Å². The van der Waals surface area contributed by atoms with Crippen molar-refractivity contribution >= 4 is 34.8 Å². The molecule has 0 spiro atoms. The molecule has 1 fully saturated rings. The van der Waals surface area contributed by atoms with Crippen molar-refractivity contribution in [2.45, 2.75) is 6.92 Å². The molecule has 0 N–H and O–H groups in total. The molecule has 1 amide bonds. The van der Waals surface area contributed by atoms with E-state index < -0.39 is 0 Å². The first-order valence-electron chi connectivity index (χ1n) is 6.13. The van der Waals surface area contributed by atoms with E-state index in [1.165, 1.54) is 0 Å². The van der Waals surface area contributed by atoms with E-state index in [-0.39, 0.29) is 5.91 Å². The minimum Gasteiger partial charge on any atom is -0.368 e. The molecule has 0 aromatic heterocycles. The van der Waals surface area contributed by atoms with Gasteiger partial charge in [0.25, 0.3) is 0 Å². The number of nitrogens with zero attached hydrogens (tertiary/aromatic N) is 2. The second-order valence-corrected chi connectivity index (χ2v) is 5.56. The number of hydrogen-bond acceptors (Lipinski definition) is 2. The Kier molecular flexibility index (Phi) is 4.38. The zero-order valence-corrected chi connectivity index (χ0v) is 12.3. The van der Waals surface area contributed by atoms with Crippen LogP contribution in [0.15, 0.2) is 30.4 Å². The van der Waals surface area contributed by atoms with Crippen molar-refractivity contribution in [3.63, 3.8) is 0 Å². The van der Waals surface area contributed by atoms with Gasteiger partial charge in [-0.3, -0.25) is 4.79 Å². The van der Waals surface area contributed by atoms with Gasteiger partial charge in [-0.1, -0.05) is 29.8 Å². The highest BCUT2D eigenvalue weighted by atomic mass is 35.5. The van der Waals surface area contributed by atoms with E-state index in [2.05, 4.69) is 11.5 Å². The van der Waals surface area contributed by atoms with Crippen molar-refractivity contribution in [2.24, 2.45) is 0 Å². The zero-order chi connectivity index (χ0) is 14.0. The molecule has 0 aliphatic carbocycles.